The highest BCUT2D eigenvalue weighted by Gasteiger charge is 2.19. The van der Waals surface area contributed by atoms with Crippen molar-refractivity contribution >= 4 is 28.6 Å². The Balaban J connectivity index is 1.18. The minimum Gasteiger partial charge on any atom is -0.480 e. The van der Waals surface area contributed by atoms with Gasteiger partial charge in [0, 0.05) is 19.3 Å². The number of anilines is 2. The number of hydrogen-bond acceptors (Lipinski definition) is 7. The molecule has 1 aliphatic rings. The van der Waals surface area contributed by atoms with Gasteiger partial charge in [-0.25, -0.2) is 19.7 Å². The van der Waals surface area contributed by atoms with E-state index in [4.69, 9.17) is 4.98 Å². The molecule has 0 aromatic carbocycles. The summed E-state index contributed by atoms with van der Waals surface area (Å²) < 4.78 is 1.66. The molecule has 0 spiro atoms. The molecular weight excluding hydrogens is 406 g/mol. The molecule has 9 nitrogen and oxygen atoms in total. The Labute approximate surface area is 187 Å². The summed E-state index contributed by atoms with van der Waals surface area (Å²) in [6.07, 6.45) is 12.1. The van der Waals surface area contributed by atoms with Crippen molar-refractivity contribution in [1.82, 2.24) is 24.7 Å². The van der Waals surface area contributed by atoms with E-state index in [-0.39, 0.29) is 0 Å². The quantitative estimate of drug-likeness (QED) is 0.390. The van der Waals surface area contributed by atoms with Crippen molar-refractivity contribution in [3.63, 3.8) is 0 Å². The van der Waals surface area contributed by atoms with Crippen LogP contribution >= 0.6 is 0 Å². The second-order valence-electron chi connectivity index (χ2n) is 8.41. The van der Waals surface area contributed by atoms with Crippen molar-refractivity contribution in [3.05, 3.63) is 35.9 Å². The lowest BCUT2D eigenvalue weighted by atomic mass is 10.0. The molecule has 3 N–H and O–H groups in total. The molecule has 3 aromatic heterocycles. The van der Waals surface area contributed by atoms with Gasteiger partial charge >= 0.3 is 5.97 Å². The Bertz CT molecular complexity index is 1070. The highest BCUT2D eigenvalue weighted by Crippen LogP contribution is 2.22. The lowest BCUT2D eigenvalue weighted by Gasteiger charge is -2.17. The summed E-state index contributed by atoms with van der Waals surface area (Å²) in [5.41, 5.74) is 3.88. The predicted molar refractivity (Wildman–Crippen MR) is 124 cm³/mol. The first kappa shape index (κ1) is 22.0. The van der Waals surface area contributed by atoms with Crippen LogP contribution in [0.15, 0.2) is 24.7 Å². The van der Waals surface area contributed by atoms with Crippen molar-refractivity contribution in [2.24, 2.45) is 7.05 Å². The number of rotatable bonds is 11. The summed E-state index contributed by atoms with van der Waals surface area (Å²) in [4.78, 5) is 24.9. The fourth-order valence-electron chi connectivity index (χ4n) is 4.23. The molecule has 0 saturated heterocycles. The number of carbonyl (C=O) groups is 1. The first-order chi connectivity index (χ1) is 15.6. The van der Waals surface area contributed by atoms with Crippen LogP contribution in [0.3, 0.4) is 0 Å². The molecule has 0 amide bonds. The molecule has 0 unspecified atom stereocenters. The van der Waals surface area contributed by atoms with Crippen molar-refractivity contribution in [3.8, 4) is 0 Å². The van der Waals surface area contributed by atoms with Gasteiger partial charge in [0.2, 0.25) is 0 Å². The molecule has 32 heavy (non-hydrogen) atoms. The fraction of sp³-hybridized carbons (Fsp3) is 0.522. The minimum absolute atomic E-state index is 0.509. The SMILES string of the molecule is Cn1ncc2ncnc(N[C@@H](CCCCCCCc3ccc4c(n3)NCCC4)C(=O)O)c21. The van der Waals surface area contributed by atoms with Gasteiger partial charge in [0.15, 0.2) is 5.82 Å². The molecule has 1 aliphatic heterocycles. The van der Waals surface area contributed by atoms with Crippen molar-refractivity contribution in [2.45, 2.75) is 63.8 Å². The third-order valence-electron chi connectivity index (χ3n) is 6.01. The smallest absolute Gasteiger partial charge is 0.326 e. The molecule has 1 atom stereocenters. The van der Waals surface area contributed by atoms with Crippen LogP contribution in [-0.2, 0) is 24.7 Å². The van der Waals surface area contributed by atoms with E-state index in [1.54, 1.807) is 17.9 Å². The highest BCUT2D eigenvalue weighted by atomic mass is 16.4. The van der Waals surface area contributed by atoms with Gasteiger partial charge in [-0.15, -0.1) is 0 Å². The van der Waals surface area contributed by atoms with Crippen LogP contribution in [0.2, 0.25) is 0 Å². The maximum Gasteiger partial charge on any atom is 0.326 e. The second-order valence-corrected chi connectivity index (χ2v) is 8.41. The van der Waals surface area contributed by atoms with Crippen LogP contribution in [-0.4, -0.2) is 48.4 Å². The summed E-state index contributed by atoms with van der Waals surface area (Å²) in [6.45, 7) is 1.01. The molecule has 3 aromatic rings. The van der Waals surface area contributed by atoms with E-state index in [1.807, 2.05) is 0 Å². The van der Waals surface area contributed by atoms with Gasteiger partial charge in [0.05, 0.1) is 6.20 Å². The molecule has 9 heteroatoms. The van der Waals surface area contributed by atoms with E-state index < -0.39 is 12.0 Å². The topological polar surface area (TPSA) is 118 Å². The number of aromatic nitrogens is 5. The fourth-order valence-corrected chi connectivity index (χ4v) is 4.23. The van der Waals surface area contributed by atoms with Gasteiger partial charge in [-0.1, -0.05) is 31.7 Å². The van der Waals surface area contributed by atoms with E-state index >= 15 is 0 Å². The van der Waals surface area contributed by atoms with Gasteiger partial charge in [-0.3, -0.25) is 4.68 Å². The number of pyridine rings is 1. The first-order valence-electron chi connectivity index (χ1n) is 11.5. The average molecular weight is 438 g/mol. The summed E-state index contributed by atoms with van der Waals surface area (Å²) in [5, 5.41) is 20.3. The van der Waals surface area contributed by atoms with E-state index in [1.165, 1.54) is 18.3 Å². The summed E-state index contributed by atoms with van der Waals surface area (Å²) in [6, 6.07) is 3.68. The van der Waals surface area contributed by atoms with E-state index in [2.05, 4.69) is 37.8 Å². The lowest BCUT2D eigenvalue weighted by molar-refractivity contribution is -0.138. The number of fused-ring (bicyclic) bond motifs is 2. The largest absolute Gasteiger partial charge is 0.480 e. The van der Waals surface area contributed by atoms with E-state index in [0.29, 0.717) is 23.3 Å². The van der Waals surface area contributed by atoms with Crippen molar-refractivity contribution in [1.29, 1.82) is 0 Å². The van der Waals surface area contributed by atoms with Crippen molar-refractivity contribution < 1.29 is 9.90 Å². The normalized spacial score (nSPS) is 14.0. The number of unbranched alkanes of at least 4 members (excludes halogenated alkanes) is 4. The number of nitrogens with one attached hydrogen (secondary N) is 2. The third-order valence-corrected chi connectivity index (χ3v) is 6.01. The lowest BCUT2D eigenvalue weighted by Crippen LogP contribution is -2.29. The maximum absolute atomic E-state index is 11.7. The average Bonchev–Trinajstić information content (AvgIpc) is 3.19. The maximum atomic E-state index is 11.7. The molecule has 0 fully saturated rings. The number of carboxylic acids is 1. The van der Waals surface area contributed by atoms with Gasteiger partial charge in [0.1, 0.15) is 29.2 Å². The molecule has 0 radical (unpaired) electrons. The minimum atomic E-state index is -0.869. The second kappa shape index (κ2) is 10.4. The summed E-state index contributed by atoms with van der Waals surface area (Å²) in [5.74, 6) is 0.702. The Morgan fingerprint density at radius 3 is 2.94 bits per heavy atom. The Kier molecular flexibility index (Phi) is 7.14. The molecule has 0 bridgehead atoms. The molecule has 0 aliphatic carbocycles. The van der Waals surface area contributed by atoms with Gasteiger partial charge in [-0.2, -0.15) is 5.10 Å². The van der Waals surface area contributed by atoms with E-state index in [0.717, 1.165) is 63.0 Å². The Hall–Kier alpha value is -3.23. The molecule has 0 saturated carbocycles. The van der Waals surface area contributed by atoms with Crippen LogP contribution in [0.25, 0.3) is 11.0 Å². The number of hydrogen-bond donors (Lipinski definition) is 3. The molecule has 4 heterocycles. The van der Waals surface area contributed by atoms with Crippen LogP contribution in [0.5, 0.6) is 0 Å². The third kappa shape index (κ3) is 5.33. The number of carboxylic acid groups (broad SMARTS) is 1. The summed E-state index contributed by atoms with van der Waals surface area (Å²) >= 11 is 0. The summed E-state index contributed by atoms with van der Waals surface area (Å²) in [7, 11) is 1.79. The number of nitrogens with zero attached hydrogens (tertiary/aromatic N) is 5. The molecular formula is C23H31N7O2. The van der Waals surface area contributed by atoms with Gasteiger partial charge in [-0.05, 0) is 43.7 Å². The molecule has 4 rings (SSSR count). The zero-order valence-electron chi connectivity index (χ0n) is 18.5. The number of aryl methyl sites for hydroxylation is 3. The zero-order valence-corrected chi connectivity index (χ0v) is 18.5. The Morgan fingerprint density at radius 1 is 1.22 bits per heavy atom. The first-order valence-corrected chi connectivity index (χ1v) is 11.5. The van der Waals surface area contributed by atoms with E-state index in [9.17, 15) is 9.90 Å². The van der Waals surface area contributed by atoms with Gasteiger partial charge < -0.3 is 15.7 Å². The standard InChI is InChI=1S/C23H31N7O2/c1-30-20-19(14-27-30)25-15-26-22(20)29-18(23(31)32)10-6-4-2-3-5-9-17-12-11-16-8-7-13-24-21(16)28-17/h11-12,14-15,18H,2-10,13H2,1H3,(H,24,28)(H,31,32)(H,25,26,29)/t18-/m0/s1. The Morgan fingerprint density at radius 2 is 2.06 bits per heavy atom. The zero-order chi connectivity index (χ0) is 22.3. The van der Waals surface area contributed by atoms with Crippen molar-refractivity contribution in [2.75, 3.05) is 17.2 Å². The molecule has 170 valence electrons. The van der Waals surface area contributed by atoms with Crippen LogP contribution in [0, 0.1) is 0 Å². The van der Waals surface area contributed by atoms with Crippen LogP contribution in [0.4, 0.5) is 11.6 Å². The van der Waals surface area contributed by atoms with Gasteiger partial charge in [0.25, 0.3) is 0 Å². The predicted octanol–water partition coefficient (Wildman–Crippen LogP) is 3.56. The highest BCUT2D eigenvalue weighted by molar-refractivity contribution is 5.87. The van der Waals surface area contributed by atoms with Crippen LogP contribution in [0.1, 0.15) is 56.2 Å². The monoisotopic (exact) mass is 437 g/mol. The van der Waals surface area contributed by atoms with Crippen LogP contribution < -0.4 is 10.6 Å². The number of aliphatic carboxylic acids is 1.